The standard InChI is InChI=1S/C18H23NO3/c1-3-22-17(21)18(9-10-18)15-11-16(20)19(12-15)13(2)14-7-5-4-6-8-14/h4-8,13,15H,3,9-12H2,1-2H3. The van der Waals surface area contributed by atoms with E-state index in [4.69, 9.17) is 4.74 Å². The first-order chi connectivity index (χ1) is 10.6. The summed E-state index contributed by atoms with van der Waals surface area (Å²) in [5.74, 6) is 0.143. The van der Waals surface area contributed by atoms with Crippen molar-refractivity contribution in [3.05, 3.63) is 35.9 Å². The lowest BCUT2D eigenvalue weighted by Crippen LogP contribution is -2.32. The lowest BCUT2D eigenvalue weighted by Gasteiger charge is -2.26. The highest BCUT2D eigenvalue weighted by molar-refractivity contribution is 5.85. The van der Waals surface area contributed by atoms with Gasteiger partial charge in [0.1, 0.15) is 0 Å². The summed E-state index contributed by atoms with van der Waals surface area (Å²) < 4.78 is 5.23. The molecule has 1 aliphatic heterocycles. The number of esters is 1. The molecule has 0 bridgehead atoms. The van der Waals surface area contributed by atoms with E-state index < -0.39 is 5.41 Å². The van der Waals surface area contributed by atoms with Gasteiger partial charge in [0.2, 0.25) is 5.91 Å². The van der Waals surface area contributed by atoms with Crippen LogP contribution in [0.15, 0.2) is 30.3 Å². The van der Waals surface area contributed by atoms with Crippen molar-refractivity contribution in [3.8, 4) is 0 Å². The molecule has 1 saturated carbocycles. The number of likely N-dealkylation sites (tertiary alicyclic amines) is 1. The molecular formula is C18H23NO3. The van der Waals surface area contributed by atoms with Crippen LogP contribution in [0.1, 0.15) is 44.7 Å². The molecule has 1 saturated heterocycles. The number of benzene rings is 1. The Morgan fingerprint density at radius 2 is 2.05 bits per heavy atom. The molecule has 0 radical (unpaired) electrons. The molecule has 0 spiro atoms. The second-order valence-corrected chi connectivity index (χ2v) is 6.41. The van der Waals surface area contributed by atoms with E-state index in [0.29, 0.717) is 19.6 Å². The Hall–Kier alpha value is -1.84. The fraction of sp³-hybridized carbons (Fsp3) is 0.556. The van der Waals surface area contributed by atoms with Gasteiger partial charge in [0.25, 0.3) is 0 Å². The Labute approximate surface area is 131 Å². The highest BCUT2D eigenvalue weighted by Gasteiger charge is 2.59. The molecule has 0 aromatic heterocycles. The van der Waals surface area contributed by atoms with Gasteiger partial charge >= 0.3 is 5.97 Å². The van der Waals surface area contributed by atoms with Crippen molar-refractivity contribution in [2.75, 3.05) is 13.2 Å². The third-order valence-corrected chi connectivity index (χ3v) is 5.16. The highest BCUT2D eigenvalue weighted by Crippen LogP contribution is 2.56. The SMILES string of the molecule is CCOC(=O)C1(C2CC(=O)N(C(C)c3ccccc3)C2)CC1. The summed E-state index contributed by atoms with van der Waals surface area (Å²) in [4.78, 5) is 26.6. The van der Waals surface area contributed by atoms with E-state index in [9.17, 15) is 9.59 Å². The van der Waals surface area contributed by atoms with Gasteiger partial charge in [-0.25, -0.2) is 0 Å². The van der Waals surface area contributed by atoms with Crippen LogP contribution < -0.4 is 0 Å². The Kier molecular flexibility index (Phi) is 3.94. The van der Waals surface area contributed by atoms with E-state index in [2.05, 4.69) is 6.92 Å². The number of ether oxygens (including phenoxy) is 1. The van der Waals surface area contributed by atoms with Crippen molar-refractivity contribution in [1.82, 2.24) is 4.90 Å². The Balaban J connectivity index is 1.73. The molecule has 1 aliphatic carbocycles. The van der Waals surface area contributed by atoms with Crippen LogP contribution in [0.4, 0.5) is 0 Å². The number of hydrogen-bond donors (Lipinski definition) is 0. The van der Waals surface area contributed by atoms with Crippen molar-refractivity contribution < 1.29 is 14.3 Å². The predicted octanol–water partition coefficient (Wildman–Crippen LogP) is 2.94. The summed E-state index contributed by atoms with van der Waals surface area (Å²) in [6, 6.07) is 10.1. The quantitative estimate of drug-likeness (QED) is 0.786. The smallest absolute Gasteiger partial charge is 0.312 e. The van der Waals surface area contributed by atoms with Crippen molar-refractivity contribution in [2.45, 2.75) is 39.2 Å². The molecule has 2 fully saturated rings. The van der Waals surface area contributed by atoms with Crippen LogP contribution in [0.25, 0.3) is 0 Å². The monoisotopic (exact) mass is 301 g/mol. The van der Waals surface area contributed by atoms with Crippen LogP contribution in [-0.2, 0) is 14.3 Å². The third kappa shape index (κ3) is 2.51. The summed E-state index contributed by atoms with van der Waals surface area (Å²) in [6.07, 6.45) is 2.19. The van der Waals surface area contributed by atoms with Crippen molar-refractivity contribution >= 4 is 11.9 Å². The zero-order chi connectivity index (χ0) is 15.7. The van der Waals surface area contributed by atoms with E-state index in [-0.39, 0.29) is 23.8 Å². The third-order valence-electron chi connectivity index (χ3n) is 5.16. The first kappa shape index (κ1) is 15.1. The van der Waals surface area contributed by atoms with Crippen LogP contribution in [-0.4, -0.2) is 29.9 Å². The Morgan fingerprint density at radius 1 is 1.36 bits per heavy atom. The summed E-state index contributed by atoms with van der Waals surface area (Å²) in [5, 5.41) is 0. The van der Waals surface area contributed by atoms with Gasteiger partial charge in [-0.3, -0.25) is 9.59 Å². The number of amides is 1. The second-order valence-electron chi connectivity index (χ2n) is 6.41. The molecule has 3 rings (SSSR count). The van der Waals surface area contributed by atoms with Crippen LogP contribution in [0, 0.1) is 11.3 Å². The Bertz CT molecular complexity index is 565. The molecule has 2 atom stereocenters. The van der Waals surface area contributed by atoms with Crippen LogP contribution in [0.2, 0.25) is 0 Å². The first-order valence-corrected chi connectivity index (χ1v) is 8.10. The maximum Gasteiger partial charge on any atom is 0.312 e. The molecule has 2 aliphatic rings. The van der Waals surface area contributed by atoms with Gasteiger partial charge in [0, 0.05) is 18.9 Å². The van der Waals surface area contributed by atoms with E-state index >= 15 is 0 Å². The minimum absolute atomic E-state index is 0.0525. The van der Waals surface area contributed by atoms with Crippen molar-refractivity contribution in [2.24, 2.45) is 11.3 Å². The topological polar surface area (TPSA) is 46.6 Å². The molecular weight excluding hydrogens is 278 g/mol. The summed E-state index contributed by atoms with van der Waals surface area (Å²) in [7, 11) is 0. The minimum Gasteiger partial charge on any atom is -0.466 e. The number of carbonyl (C=O) groups excluding carboxylic acids is 2. The zero-order valence-electron chi connectivity index (χ0n) is 13.2. The first-order valence-electron chi connectivity index (χ1n) is 8.10. The van der Waals surface area contributed by atoms with Gasteiger partial charge in [0.15, 0.2) is 0 Å². The normalized spacial score (nSPS) is 24.2. The van der Waals surface area contributed by atoms with E-state index in [1.807, 2.05) is 42.2 Å². The molecule has 1 aromatic carbocycles. The van der Waals surface area contributed by atoms with Gasteiger partial charge in [-0.05, 0) is 32.3 Å². The molecule has 1 amide bonds. The molecule has 1 aromatic rings. The summed E-state index contributed by atoms with van der Waals surface area (Å²) in [6.45, 7) is 4.95. The molecule has 4 heteroatoms. The number of nitrogens with zero attached hydrogens (tertiary/aromatic N) is 1. The van der Waals surface area contributed by atoms with Crippen LogP contribution in [0.5, 0.6) is 0 Å². The zero-order valence-corrected chi connectivity index (χ0v) is 13.2. The van der Waals surface area contributed by atoms with Crippen LogP contribution in [0.3, 0.4) is 0 Å². The fourth-order valence-corrected chi connectivity index (χ4v) is 3.58. The maximum absolute atomic E-state index is 12.4. The molecule has 22 heavy (non-hydrogen) atoms. The van der Waals surface area contributed by atoms with Crippen molar-refractivity contribution in [1.29, 1.82) is 0 Å². The van der Waals surface area contributed by atoms with E-state index in [0.717, 1.165) is 18.4 Å². The molecule has 118 valence electrons. The number of rotatable bonds is 5. The van der Waals surface area contributed by atoms with Crippen molar-refractivity contribution in [3.63, 3.8) is 0 Å². The second kappa shape index (κ2) is 5.75. The fourth-order valence-electron chi connectivity index (χ4n) is 3.58. The van der Waals surface area contributed by atoms with Crippen LogP contribution >= 0.6 is 0 Å². The average Bonchev–Trinajstić information content (AvgIpc) is 3.25. The summed E-state index contributed by atoms with van der Waals surface area (Å²) in [5.41, 5.74) is 0.745. The summed E-state index contributed by atoms with van der Waals surface area (Å²) >= 11 is 0. The molecule has 1 heterocycles. The molecule has 2 unspecified atom stereocenters. The number of carbonyl (C=O) groups is 2. The minimum atomic E-state index is -0.392. The highest BCUT2D eigenvalue weighted by atomic mass is 16.5. The maximum atomic E-state index is 12.4. The number of hydrogen-bond acceptors (Lipinski definition) is 3. The molecule has 4 nitrogen and oxygen atoms in total. The van der Waals surface area contributed by atoms with Gasteiger partial charge in [-0.2, -0.15) is 0 Å². The van der Waals surface area contributed by atoms with Gasteiger partial charge in [-0.15, -0.1) is 0 Å². The lowest BCUT2D eigenvalue weighted by molar-refractivity contribution is -0.151. The lowest BCUT2D eigenvalue weighted by atomic mass is 9.88. The Morgan fingerprint density at radius 3 is 2.64 bits per heavy atom. The predicted molar refractivity (Wildman–Crippen MR) is 83.0 cm³/mol. The largest absolute Gasteiger partial charge is 0.466 e. The van der Waals surface area contributed by atoms with Gasteiger partial charge in [-0.1, -0.05) is 30.3 Å². The molecule has 0 N–H and O–H groups in total. The van der Waals surface area contributed by atoms with Gasteiger partial charge < -0.3 is 9.64 Å². The van der Waals surface area contributed by atoms with E-state index in [1.54, 1.807) is 0 Å². The van der Waals surface area contributed by atoms with E-state index in [1.165, 1.54) is 0 Å². The average molecular weight is 301 g/mol. The van der Waals surface area contributed by atoms with Gasteiger partial charge in [0.05, 0.1) is 18.1 Å².